The Balaban J connectivity index is 1.98. The summed E-state index contributed by atoms with van der Waals surface area (Å²) in [5.41, 5.74) is 3.21. The van der Waals surface area contributed by atoms with Gasteiger partial charge in [-0.05, 0) is 52.2 Å². The molecule has 0 aliphatic heterocycles. The van der Waals surface area contributed by atoms with Crippen LogP contribution in [0.15, 0.2) is 47.8 Å². The van der Waals surface area contributed by atoms with E-state index in [2.05, 4.69) is 74.6 Å². The number of halogens is 1. The lowest BCUT2D eigenvalue weighted by Crippen LogP contribution is -1.77. The molecule has 0 radical (unpaired) electrons. The minimum absolute atomic E-state index is 0.991. The monoisotopic (exact) mass is 352 g/mol. The van der Waals surface area contributed by atoms with Crippen LogP contribution in [0, 0.1) is 3.57 Å². The minimum Gasteiger partial charge on any atom is -0.276 e. The largest absolute Gasteiger partial charge is 0.276 e. The lowest BCUT2D eigenvalue weighted by atomic mass is 10.1. The molecule has 4 heteroatoms. The molecule has 2 nitrogen and oxygen atoms in total. The predicted molar refractivity (Wildman–Crippen MR) is 80.1 cm³/mol. The molecule has 84 valence electrons. The predicted octanol–water partition coefficient (Wildman–Crippen LogP) is 4.41. The Bertz CT molecular complexity index is 611. The number of thiophene rings is 1. The third-order valence-electron chi connectivity index (χ3n) is 2.50. The highest BCUT2D eigenvalue weighted by Gasteiger charge is 2.05. The van der Waals surface area contributed by atoms with Gasteiger partial charge in [-0.2, -0.15) is 5.10 Å². The fourth-order valence-electron chi connectivity index (χ4n) is 1.65. The number of nitrogens with one attached hydrogen (secondary N) is 1. The second-order valence-corrected chi connectivity index (χ2v) is 5.84. The summed E-state index contributed by atoms with van der Waals surface area (Å²) in [6.45, 7) is 0. The van der Waals surface area contributed by atoms with E-state index >= 15 is 0 Å². The minimum atomic E-state index is 0.991. The molecule has 0 spiro atoms. The first-order valence-electron chi connectivity index (χ1n) is 5.18. The van der Waals surface area contributed by atoms with E-state index in [1.807, 2.05) is 6.07 Å². The molecule has 1 N–H and O–H groups in total. The highest BCUT2D eigenvalue weighted by Crippen LogP contribution is 2.27. The first-order chi connectivity index (χ1) is 8.33. The summed E-state index contributed by atoms with van der Waals surface area (Å²) in [5, 5.41) is 9.50. The van der Waals surface area contributed by atoms with Gasteiger partial charge in [0.05, 0.1) is 16.3 Å². The standard InChI is InChI=1S/C13H9IN2S/c14-10-5-3-9(4-6-10)11-8-12(16-15-11)13-2-1-7-17-13/h1-8H,(H,15,16). The Morgan fingerprint density at radius 3 is 2.65 bits per heavy atom. The van der Waals surface area contributed by atoms with Crippen molar-refractivity contribution in [2.75, 3.05) is 0 Å². The Kier molecular flexibility index (Phi) is 2.98. The fraction of sp³-hybridized carbons (Fsp3) is 0. The van der Waals surface area contributed by atoms with Gasteiger partial charge in [0, 0.05) is 9.13 Å². The summed E-state index contributed by atoms with van der Waals surface area (Å²) >= 11 is 4.02. The van der Waals surface area contributed by atoms with Crippen LogP contribution in [-0.2, 0) is 0 Å². The molecule has 0 aliphatic rings. The Morgan fingerprint density at radius 2 is 1.94 bits per heavy atom. The first-order valence-corrected chi connectivity index (χ1v) is 7.14. The number of H-pyrrole nitrogens is 1. The van der Waals surface area contributed by atoms with E-state index in [0.717, 1.165) is 17.0 Å². The van der Waals surface area contributed by atoms with Gasteiger partial charge in [0.25, 0.3) is 0 Å². The second-order valence-electron chi connectivity index (χ2n) is 3.65. The summed E-state index contributed by atoms with van der Waals surface area (Å²) in [6, 6.07) is 14.6. The zero-order valence-electron chi connectivity index (χ0n) is 8.85. The van der Waals surface area contributed by atoms with Gasteiger partial charge >= 0.3 is 0 Å². The molecule has 0 amide bonds. The quantitative estimate of drug-likeness (QED) is 0.680. The number of nitrogens with zero attached hydrogens (tertiary/aromatic N) is 1. The maximum Gasteiger partial charge on any atom is 0.0927 e. The molecular weight excluding hydrogens is 343 g/mol. The molecule has 2 heterocycles. The molecule has 0 saturated heterocycles. The second kappa shape index (κ2) is 4.62. The average Bonchev–Trinajstić information content (AvgIpc) is 3.00. The van der Waals surface area contributed by atoms with Crippen molar-refractivity contribution in [1.29, 1.82) is 0 Å². The topological polar surface area (TPSA) is 28.7 Å². The van der Waals surface area contributed by atoms with Crippen molar-refractivity contribution < 1.29 is 0 Å². The summed E-state index contributed by atoms with van der Waals surface area (Å²) in [4.78, 5) is 1.22. The van der Waals surface area contributed by atoms with Crippen molar-refractivity contribution in [1.82, 2.24) is 10.2 Å². The molecular formula is C13H9IN2S. The number of hydrogen-bond acceptors (Lipinski definition) is 2. The molecule has 0 bridgehead atoms. The molecule has 1 aromatic carbocycles. The molecule has 3 rings (SSSR count). The van der Waals surface area contributed by atoms with E-state index in [0.29, 0.717) is 0 Å². The summed E-state index contributed by atoms with van der Waals surface area (Å²) in [5.74, 6) is 0. The van der Waals surface area contributed by atoms with Crippen LogP contribution in [0.5, 0.6) is 0 Å². The third-order valence-corrected chi connectivity index (χ3v) is 4.13. The van der Waals surface area contributed by atoms with E-state index in [-0.39, 0.29) is 0 Å². The van der Waals surface area contributed by atoms with Crippen LogP contribution < -0.4 is 0 Å². The van der Waals surface area contributed by atoms with Gasteiger partial charge in [-0.25, -0.2) is 0 Å². The fourth-order valence-corrected chi connectivity index (χ4v) is 2.70. The Hall–Kier alpha value is -1.14. The van der Waals surface area contributed by atoms with Gasteiger partial charge < -0.3 is 0 Å². The maximum atomic E-state index is 4.35. The van der Waals surface area contributed by atoms with Gasteiger partial charge in [0.15, 0.2) is 0 Å². The van der Waals surface area contributed by atoms with Gasteiger partial charge in [0.2, 0.25) is 0 Å². The molecule has 0 atom stereocenters. The molecule has 0 aliphatic carbocycles. The first kappa shape index (κ1) is 11.0. The smallest absolute Gasteiger partial charge is 0.0927 e. The van der Waals surface area contributed by atoms with Crippen molar-refractivity contribution in [2.45, 2.75) is 0 Å². The SMILES string of the molecule is Ic1ccc(-c2cc(-c3cccs3)[nH]n2)cc1. The lowest BCUT2D eigenvalue weighted by molar-refractivity contribution is 1.10. The molecule has 2 aromatic heterocycles. The van der Waals surface area contributed by atoms with Gasteiger partial charge in [-0.3, -0.25) is 5.10 Å². The maximum absolute atomic E-state index is 4.35. The van der Waals surface area contributed by atoms with Gasteiger partial charge in [-0.15, -0.1) is 11.3 Å². The Labute approximate surface area is 117 Å². The number of benzene rings is 1. The number of aromatic amines is 1. The van der Waals surface area contributed by atoms with Crippen LogP contribution in [0.2, 0.25) is 0 Å². The van der Waals surface area contributed by atoms with E-state index in [1.54, 1.807) is 11.3 Å². The number of rotatable bonds is 2. The van der Waals surface area contributed by atoms with Crippen LogP contribution in [0.25, 0.3) is 21.8 Å². The van der Waals surface area contributed by atoms with Crippen LogP contribution in [0.4, 0.5) is 0 Å². The van der Waals surface area contributed by atoms with Gasteiger partial charge in [-0.1, -0.05) is 18.2 Å². The normalized spacial score (nSPS) is 10.6. The molecule has 17 heavy (non-hydrogen) atoms. The van der Waals surface area contributed by atoms with Gasteiger partial charge in [0.1, 0.15) is 0 Å². The van der Waals surface area contributed by atoms with Crippen molar-refractivity contribution >= 4 is 33.9 Å². The summed E-state index contributed by atoms with van der Waals surface area (Å²) < 4.78 is 1.24. The zero-order chi connectivity index (χ0) is 11.7. The van der Waals surface area contributed by atoms with Crippen molar-refractivity contribution in [3.63, 3.8) is 0 Å². The summed E-state index contributed by atoms with van der Waals surface area (Å²) in [6.07, 6.45) is 0. The third kappa shape index (κ3) is 2.28. The van der Waals surface area contributed by atoms with Crippen LogP contribution in [0.3, 0.4) is 0 Å². The van der Waals surface area contributed by atoms with Crippen LogP contribution in [0.1, 0.15) is 0 Å². The highest BCUT2D eigenvalue weighted by molar-refractivity contribution is 14.1. The van der Waals surface area contributed by atoms with Crippen molar-refractivity contribution in [2.24, 2.45) is 0 Å². The highest BCUT2D eigenvalue weighted by atomic mass is 127. The van der Waals surface area contributed by atoms with E-state index in [4.69, 9.17) is 0 Å². The van der Waals surface area contributed by atoms with E-state index in [9.17, 15) is 0 Å². The van der Waals surface area contributed by atoms with Crippen LogP contribution in [-0.4, -0.2) is 10.2 Å². The molecule has 3 aromatic rings. The van der Waals surface area contributed by atoms with Crippen molar-refractivity contribution in [3.8, 4) is 21.8 Å². The number of aromatic nitrogens is 2. The molecule has 0 fully saturated rings. The molecule has 0 saturated carbocycles. The van der Waals surface area contributed by atoms with Crippen LogP contribution >= 0.6 is 33.9 Å². The summed E-state index contributed by atoms with van der Waals surface area (Å²) in [7, 11) is 0. The van der Waals surface area contributed by atoms with E-state index in [1.165, 1.54) is 8.45 Å². The lowest BCUT2D eigenvalue weighted by Gasteiger charge is -1.95. The zero-order valence-corrected chi connectivity index (χ0v) is 11.8. The Morgan fingerprint density at radius 1 is 1.12 bits per heavy atom. The van der Waals surface area contributed by atoms with Crippen molar-refractivity contribution in [3.05, 3.63) is 51.4 Å². The average molecular weight is 352 g/mol. The molecule has 0 unspecified atom stereocenters. The van der Waals surface area contributed by atoms with E-state index < -0.39 is 0 Å². The number of hydrogen-bond donors (Lipinski definition) is 1.